The molecule has 6 nitrogen and oxygen atoms in total. The van der Waals surface area contributed by atoms with Gasteiger partial charge in [-0.25, -0.2) is 4.68 Å². The predicted molar refractivity (Wildman–Crippen MR) is 102 cm³/mol. The van der Waals surface area contributed by atoms with E-state index in [1.165, 1.54) is 6.42 Å². The van der Waals surface area contributed by atoms with E-state index in [1.807, 2.05) is 54.3 Å². The zero-order valence-corrected chi connectivity index (χ0v) is 15.6. The zero-order chi connectivity index (χ0) is 18.8. The highest BCUT2D eigenvalue weighted by atomic mass is 16.5. The Balaban J connectivity index is 1.76. The van der Waals surface area contributed by atoms with Crippen molar-refractivity contribution in [2.45, 2.75) is 26.2 Å². The van der Waals surface area contributed by atoms with Gasteiger partial charge in [0.05, 0.1) is 12.8 Å². The van der Waals surface area contributed by atoms with Crippen molar-refractivity contribution in [2.75, 3.05) is 20.2 Å². The predicted octanol–water partition coefficient (Wildman–Crippen LogP) is 4.08. The van der Waals surface area contributed by atoms with Crippen molar-refractivity contribution < 1.29 is 13.9 Å². The molecule has 0 atom stereocenters. The summed E-state index contributed by atoms with van der Waals surface area (Å²) in [5.74, 6) is 2.24. The van der Waals surface area contributed by atoms with Crippen molar-refractivity contribution in [3.05, 3.63) is 53.9 Å². The first-order valence-corrected chi connectivity index (χ1v) is 9.26. The van der Waals surface area contributed by atoms with Gasteiger partial charge < -0.3 is 14.1 Å². The van der Waals surface area contributed by atoms with Crippen LogP contribution in [0.5, 0.6) is 5.75 Å². The van der Waals surface area contributed by atoms with Crippen LogP contribution in [0.1, 0.15) is 35.5 Å². The molecular weight excluding hydrogens is 342 g/mol. The number of nitrogens with zero attached hydrogens (tertiary/aromatic N) is 3. The van der Waals surface area contributed by atoms with E-state index < -0.39 is 0 Å². The number of piperidine rings is 1. The van der Waals surface area contributed by atoms with E-state index in [9.17, 15) is 4.79 Å². The van der Waals surface area contributed by atoms with Gasteiger partial charge in [0.15, 0.2) is 5.76 Å². The summed E-state index contributed by atoms with van der Waals surface area (Å²) in [6.45, 7) is 3.48. The lowest BCUT2D eigenvalue weighted by atomic mass is 10.1. The van der Waals surface area contributed by atoms with Gasteiger partial charge in [0.1, 0.15) is 22.9 Å². The first-order chi connectivity index (χ1) is 13.2. The summed E-state index contributed by atoms with van der Waals surface area (Å²) < 4.78 is 12.6. The molecule has 0 unspecified atom stereocenters. The average Bonchev–Trinajstić information content (AvgIpc) is 3.34. The van der Waals surface area contributed by atoms with E-state index >= 15 is 0 Å². The van der Waals surface area contributed by atoms with Crippen molar-refractivity contribution in [2.24, 2.45) is 0 Å². The van der Waals surface area contributed by atoms with E-state index in [2.05, 4.69) is 5.10 Å². The van der Waals surface area contributed by atoms with Gasteiger partial charge in [-0.1, -0.05) is 0 Å². The molecule has 1 fully saturated rings. The lowest BCUT2D eigenvalue weighted by molar-refractivity contribution is 0.0715. The van der Waals surface area contributed by atoms with E-state index in [-0.39, 0.29) is 5.91 Å². The normalized spacial score (nSPS) is 14.4. The lowest BCUT2D eigenvalue weighted by Gasteiger charge is -2.26. The van der Waals surface area contributed by atoms with Crippen molar-refractivity contribution in [1.29, 1.82) is 0 Å². The molecule has 3 heterocycles. The maximum atomic E-state index is 13.2. The van der Waals surface area contributed by atoms with Gasteiger partial charge in [0.25, 0.3) is 5.91 Å². The van der Waals surface area contributed by atoms with E-state index in [4.69, 9.17) is 9.15 Å². The average molecular weight is 365 g/mol. The molecule has 1 aliphatic rings. The topological polar surface area (TPSA) is 60.5 Å². The zero-order valence-electron chi connectivity index (χ0n) is 15.6. The number of furan rings is 1. The number of hydrogen-bond acceptors (Lipinski definition) is 4. The fourth-order valence-corrected chi connectivity index (χ4v) is 3.41. The molecule has 1 saturated heterocycles. The molecule has 4 rings (SSSR count). The van der Waals surface area contributed by atoms with Gasteiger partial charge in [0.2, 0.25) is 0 Å². The van der Waals surface area contributed by atoms with Crippen LogP contribution in [0.2, 0.25) is 0 Å². The van der Waals surface area contributed by atoms with Crippen LogP contribution in [-0.2, 0) is 0 Å². The second-order valence-corrected chi connectivity index (χ2v) is 6.79. The molecule has 0 radical (unpaired) electrons. The van der Waals surface area contributed by atoms with Gasteiger partial charge in [-0.2, -0.15) is 5.10 Å². The second-order valence-electron chi connectivity index (χ2n) is 6.79. The first-order valence-electron chi connectivity index (χ1n) is 9.26. The number of hydrogen-bond donors (Lipinski definition) is 0. The molecule has 0 bridgehead atoms. The molecule has 0 spiro atoms. The Morgan fingerprint density at radius 3 is 2.44 bits per heavy atom. The van der Waals surface area contributed by atoms with Crippen LogP contribution in [0.15, 0.2) is 46.9 Å². The summed E-state index contributed by atoms with van der Waals surface area (Å²) in [4.78, 5) is 15.1. The molecular formula is C21H23N3O3. The highest BCUT2D eigenvalue weighted by Gasteiger charge is 2.24. The van der Waals surface area contributed by atoms with Crippen LogP contribution < -0.4 is 4.74 Å². The molecule has 140 valence electrons. The van der Waals surface area contributed by atoms with Crippen molar-refractivity contribution in [3.8, 4) is 22.9 Å². The SMILES string of the molecule is COc1ccc(-n2nc(-c3ccc(C)o3)cc2C(=O)N2CCCCC2)cc1. The Labute approximate surface area is 158 Å². The molecule has 0 saturated carbocycles. The summed E-state index contributed by atoms with van der Waals surface area (Å²) in [5, 5.41) is 4.67. The number of ether oxygens (including phenoxy) is 1. The summed E-state index contributed by atoms with van der Waals surface area (Å²) >= 11 is 0. The number of aromatic nitrogens is 2. The minimum absolute atomic E-state index is 0.00699. The van der Waals surface area contributed by atoms with E-state index in [0.717, 1.165) is 43.1 Å². The first kappa shape index (κ1) is 17.4. The number of methoxy groups -OCH3 is 1. The van der Waals surface area contributed by atoms with Crippen molar-refractivity contribution in [3.63, 3.8) is 0 Å². The Hall–Kier alpha value is -3.02. The minimum Gasteiger partial charge on any atom is -0.497 e. The van der Waals surface area contributed by atoms with Gasteiger partial charge >= 0.3 is 0 Å². The quantitative estimate of drug-likeness (QED) is 0.699. The van der Waals surface area contributed by atoms with Crippen LogP contribution in [0.4, 0.5) is 0 Å². The van der Waals surface area contributed by atoms with E-state index in [1.54, 1.807) is 11.8 Å². The van der Waals surface area contributed by atoms with Gasteiger partial charge in [-0.15, -0.1) is 0 Å². The summed E-state index contributed by atoms with van der Waals surface area (Å²) in [6.07, 6.45) is 3.28. The molecule has 3 aromatic rings. The molecule has 27 heavy (non-hydrogen) atoms. The number of aryl methyl sites for hydroxylation is 1. The number of rotatable bonds is 4. The van der Waals surface area contributed by atoms with Crippen molar-refractivity contribution >= 4 is 5.91 Å². The van der Waals surface area contributed by atoms with Crippen molar-refractivity contribution in [1.82, 2.24) is 14.7 Å². The summed E-state index contributed by atoms with van der Waals surface area (Å²) in [6, 6.07) is 13.1. The number of amides is 1. The number of carbonyl (C=O) groups excluding carboxylic acids is 1. The molecule has 1 aromatic carbocycles. The monoisotopic (exact) mass is 365 g/mol. The van der Waals surface area contributed by atoms with Crippen LogP contribution in [0.3, 0.4) is 0 Å². The summed E-state index contributed by atoms with van der Waals surface area (Å²) in [5.41, 5.74) is 2.01. The fourth-order valence-electron chi connectivity index (χ4n) is 3.41. The Bertz CT molecular complexity index is 934. The lowest BCUT2D eigenvalue weighted by Crippen LogP contribution is -2.36. The molecule has 6 heteroatoms. The van der Waals surface area contributed by atoms with E-state index in [0.29, 0.717) is 17.1 Å². The van der Waals surface area contributed by atoms with Crippen LogP contribution >= 0.6 is 0 Å². The molecule has 1 aliphatic heterocycles. The fraction of sp³-hybridized carbons (Fsp3) is 0.333. The highest BCUT2D eigenvalue weighted by molar-refractivity contribution is 5.94. The van der Waals surface area contributed by atoms with Gasteiger partial charge in [-0.05, 0) is 62.6 Å². The molecule has 2 aromatic heterocycles. The molecule has 0 aliphatic carbocycles. The van der Waals surface area contributed by atoms with Gasteiger partial charge in [0, 0.05) is 19.2 Å². The van der Waals surface area contributed by atoms with Crippen LogP contribution in [0, 0.1) is 6.92 Å². The van der Waals surface area contributed by atoms with Crippen LogP contribution in [0.25, 0.3) is 17.1 Å². The highest BCUT2D eigenvalue weighted by Crippen LogP contribution is 2.26. The maximum absolute atomic E-state index is 13.2. The largest absolute Gasteiger partial charge is 0.497 e. The standard InChI is InChI=1S/C21H23N3O3/c1-15-6-11-20(27-15)18-14-19(21(25)23-12-4-3-5-13-23)24(22-18)16-7-9-17(26-2)10-8-16/h6-11,14H,3-5,12-13H2,1-2H3. The Morgan fingerprint density at radius 1 is 1.07 bits per heavy atom. The summed E-state index contributed by atoms with van der Waals surface area (Å²) in [7, 11) is 1.63. The van der Waals surface area contributed by atoms with Crippen LogP contribution in [-0.4, -0.2) is 40.8 Å². The number of likely N-dealkylation sites (tertiary alicyclic amines) is 1. The molecule has 0 N–H and O–H groups in total. The third-order valence-electron chi connectivity index (χ3n) is 4.88. The minimum atomic E-state index is 0.00699. The second kappa shape index (κ2) is 7.31. The third kappa shape index (κ3) is 3.47. The van der Waals surface area contributed by atoms with Gasteiger partial charge in [-0.3, -0.25) is 4.79 Å². The molecule has 1 amide bonds. The maximum Gasteiger partial charge on any atom is 0.272 e. The third-order valence-corrected chi connectivity index (χ3v) is 4.88. The smallest absolute Gasteiger partial charge is 0.272 e. The number of carbonyl (C=O) groups is 1. The Morgan fingerprint density at radius 2 is 1.81 bits per heavy atom. The Kier molecular flexibility index (Phi) is 4.71. The number of benzene rings is 1.